The van der Waals surface area contributed by atoms with E-state index in [2.05, 4.69) is 15.6 Å². The average molecular weight is 503 g/mol. The highest BCUT2D eigenvalue weighted by Crippen LogP contribution is 2.31. The molecule has 0 spiro atoms. The van der Waals surface area contributed by atoms with Crippen molar-refractivity contribution in [2.45, 2.75) is 25.9 Å². The highest BCUT2D eigenvalue weighted by molar-refractivity contribution is 7.13. The Kier molecular flexibility index (Phi) is 10.3. The van der Waals surface area contributed by atoms with E-state index in [4.69, 9.17) is 19.4 Å². The lowest BCUT2D eigenvalue weighted by Gasteiger charge is -2.22. The number of carbonyl (C=O) groups excluding carboxylic acids is 2. The monoisotopic (exact) mass is 503 g/mol. The summed E-state index contributed by atoms with van der Waals surface area (Å²) in [6.45, 7) is 4.39. The predicted molar refractivity (Wildman–Crippen MR) is 118 cm³/mol. The number of thiazole rings is 1. The van der Waals surface area contributed by atoms with Gasteiger partial charge in [0, 0.05) is 10.9 Å². The normalized spacial score (nSPS) is 13.9. The van der Waals surface area contributed by atoms with Gasteiger partial charge in [0.05, 0.1) is 18.9 Å². The lowest BCUT2D eigenvalue weighted by Crippen LogP contribution is -2.31. The van der Waals surface area contributed by atoms with E-state index in [1.807, 2.05) is 18.2 Å². The molecule has 3 rings (SSSR count). The Morgan fingerprint density at radius 1 is 1.21 bits per heavy atom. The number of hydrogen-bond acceptors (Lipinski definition) is 8. The zero-order valence-electron chi connectivity index (χ0n) is 18.2. The maximum atomic E-state index is 12.2. The van der Waals surface area contributed by atoms with E-state index in [0.717, 1.165) is 31.5 Å². The molecule has 1 fully saturated rings. The molecule has 3 N–H and O–H groups in total. The van der Waals surface area contributed by atoms with Gasteiger partial charge >= 0.3 is 24.2 Å². The lowest BCUT2D eigenvalue weighted by atomic mass is 9.99. The van der Waals surface area contributed by atoms with Crippen molar-refractivity contribution in [1.29, 1.82) is 0 Å². The van der Waals surface area contributed by atoms with Crippen LogP contribution in [0.4, 0.5) is 23.7 Å². The number of nitrogens with one attached hydrogen (secondary N) is 2. The van der Waals surface area contributed by atoms with Crippen LogP contribution in [0.1, 0.15) is 30.3 Å². The van der Waals surface area contributed by atoms with Gasteiger partial charge in [0.15, 0.2) is 5.69 Å². The molecule has 186 valence electrons. The van der Waals surface area contributed by atoms with Gasteiger partial charge in [-0.1, -0.05) is 12.1 Å². The summed E-state index contributed by atoms with van der Waals surface area (Å²) in [6, 6.07) is 7.31. The van der Waals surface area contributed by atoms with Crippen LogP contribution < -0.4 is 10.6 Å². The summed E-state index contributed by atoms with van der Waals surface area (Å²) < 4.78 is 42.1. The first-order chi connectivity index (χ1) is 16.1. The van der Waals surface area contributed by atoms with Gasteiger partial charge in [-0.2, -0.15) is 13.2 Å². The van der Waals surface area contributed by atoms with Crippen molar-refractivity contribution in [3.05, 3.63) is 35.3 Å². The average Bonchev–Trinajstić information content (AvgIpc) is 3.29. The summed E-state index contributed by atoms with van der Waals surface area (Å²) in [5.74, 6) is -2.81. The molecule has 0 radical (unpaired) electrons. The second-order valence-electron chi connectivity index (χ2n) is 7.02. The Morgan fingerprint density at radius 2 is 1.85 bits per heavy atom. The van der Waals surface area contributed by atoms with Crippen LogP contribution in [0.5, 0.6) is 0 Å². The van der Waals surface area contributed by atoms with Crippen molar-refractivity contribution in [2.75, 3.05) is 31.6 Å². The number of aliphatic carboxylic acids is 1. The van der Waals surface area contributed by atoms with Crippen LogP contribution in [0.2, 0.25) is 0 Å². The van der Waals surface area contributed by atoms with Crippen molar-refractivity contribution in [3.8, 4) is 10.6 Å². The second-order valence-corrected chi connectivity index (χ2v) is 7.88. The molecule has 1 aliphatic heterocycles. The molecule has 13 heteroatoms. The first-order valence-corrected chi connectivity index (χ1v) is 11.2. The third kappa shape index (κ3) is 8.63. The standard InChI is InChI=1S/C19H23N3O4S.C2HF3O2/c1-2-25-18(23)16-12-27-17(21-16)14-5-3-4-6-15(14)22-19(24)26-11-13-7-9-20-10-8-13;3-2(4,5)1(6)7/h3-6,12-13,20H,2,7-11H2,1H3,(H,22,24);(H,6,7). The predicted octanol–water partition coefficient (Wildman–Crippen LogP) is 4.17. The molecule has 1 aromatic carbocycles. The van der Waals surface area contributed by atoms with Gasteiger partial charge in [0.25, 0.3) is 0 Å². The number of alkyl halides is 3. The highest BCUT2D eigenvalue weighted by atomic mass is 32.1. The summed E-state index contributed by atoms with van der Waals surface area (Å²) in [5.41, 5.74) is 1.59. The first-order valence-electron chi connectivity index (χ1n) is 10.3. The van der Waals surface area contributed by atoms with Gasteiger partial charge in [-0.15, -0.1) is 11.3 Å². The van der Waals surface area contributed by atoms with E-state index in [1.54, 1.807) is 18.4 Å². The number of amides is 1. The molecule has 2 heterocycles. The molecule has 1 amide bonds. The van der Waals surface area contributed by atoms with Crippen molar-refractivity contribution < 1.29 is 42.1 Å². The molecule has 34 heavy (non-hydrogen) atoms. The van der Waals surface area contributed by atoms with Crippen molar-refractivity contribution in [1.82, 2.24) is 10.3 Å². The number of aromatic nitrogens is 1. The van der Waals surface area contributed by atoms with Crippen LogP contribution in [0.25, 0.3) is 10.6 Å². The number of ether oxygens (including phenoxy) is 2. The molecule has 0 bridgehead atoms. The summed E-state index contributed by atoms with van der Waals surface area (Å²) in [5, 5.41) is 15.5. The van der Waals surface area contributed by atoms with Crippen LogP contribution >= 0.6 is 11.3 Å². The van der Waals surface area contributed by atoms with Crippen LogP contribution in [-0.2, 0) is 14.3 Å². The van der Waals surface area contributed by atoms with Gasteiger partial charge in [-0.25, -0.2) is 19.4 Å². The zero-order valence-corrected chi connectivity index (χ0v) is 19.0. The fraction of sp³-hybridized carbons (Fsp3) is 0.429. The molecular weight excluding hydrogens is 479 g/mol. The molecule has 9 nitrogen and oxygen atoms in total. The minimum Gasteiger partial charge on any atom is -0.475 e. The molecule has 1 aromatic heterocycles. The third-order valence-corrected chi connectivity index (χ3v) is 5.41. The van der Waals surface area contributed by atoms with Gasteiger partial charge in [0.2, 0.25) is 0 Å². The minimum atomic E-state index is -5.08. The van der Waals surface area contributed by atoms with Crippen LogP contribution in [0.3, 0.4) is 0 Å². The first kappa shape index (κ1) is 27.1. The number of anilines is 1. The molecule has 0 atom stereocenters. The largest absolute Gasteiger partial charge is 0.490 e. The van der Waals surface area contributed by atoms with Crippen molar-refractivity contribution in [2.24, 2.45) is 5.92 Å². The molecule has 2 aromatic rings. The van der Waals surface area contributed by atoms with E-state index in [1.165, 1.54) is 11.3 Å². The van der Waals surface area contributed by atoms with Crippen molar-refractivity contribution in [3.63, 3.8) is 0 Å². The summed E-state index contributed by atoms with van der Waals surface area (Å²) >= 11 is 1.32. The quantitative estimate of drug-likeness (QED) is 0.502. The fourth-order valence-electron chi connectivity index (χ4n) is 2.86. The summed E-state index contributed by atoms with van der Waals surface area (Å²) in [4.78, 5) is 37.2. The van der Waals surface area contributed by atoms with Crippen LogP contribution in [-0.4, -0.2) is 60.6 Å². The molecule has 1 saturated heterocycles. The summed E-state index contributed by atoms with van der Waals surface area (Å²) in [6.07, 6.45) is -3.54. The van der Waals surface area contributed by atoms with E-state index in [9.17, 15) is 22.8 Å². The number of nitrogens with zero attached hydrogens (tertiary/aromatic N) is 1. The number of benzene rings is 1. The fourth-order valence-corrected chi connectivity index (χ4v) is 3.69. The summed E-state index contributed by atoms with van der Waals surface area (Å²) in [7, 11) is 0. The van der Waals surface area contributed by atoms with E-state index < -0.39 is 24.2 Å². The Balaban J connectivity index is 0.000000509. The van der Waals surface area contributed by atoms with Gasteiger partial charge in [0.1, 0.15) is 5.01 Å². The number of rotatable bonds is 6. The molecule has 1 aliphatic rings. The Morgan fingerprint density at radius 3 is 2.47 bits per heavy atom. The third-order valence-electron chi connectivity index (χ3n) is 4.53. The second kappa shape index (κ2) is 12.9. The Bertz CT molecular complexity index is 977. The number of carbonyl (C=O) groups is 3. The topological polar surface area (TPSA) is 127 Å². The van der Waals surface area contributed by atoms with Crippen LogP contribution in [0.15, 0.2) is 29.6 Å². The maximum absolute atomic E-state index is 12.2. The number of carboxylic acid groups (broad SMARTS) is 1. The van der Waals surface area contributed by atoms with Crippen LogP contribution in [0, 0.1) is 5.92 Å². The molecule has 0 unspecified atom stereocenters. The Hall–Kier alpha value is -3.19. The number of carboxylic acids is 1. The smallest absolute Gasteiger partial charge is 0.475 e. The molecule has 0 aliphatic carbocycles. The SMILES string of the molecule is CCOC(=O)c1csc(-c2ccccc2NC(=O)OCC2CCNCC2)n1.O=C(O)C(F)(F)F. The van der Waals surface area contributed by atoms with Gasteiger partial charge in [-0.3, -0.25) is 5.32 Å². The van der Waals surface area contributed by atoms with Crippen molar-refractivity contribution >= 4 is 35.1 Å². The van der Waals surface area contributed by atoms with E-state index in [-0.39, 0.29) is 5.69 Å². The number of para-hydroxylation sites is 1. The number of esters is 1. The van der Waals surface area contributed by atoms with E-state index >= 15 is 0 Å². The lowest BCUT2D eigenvalue weighted by molar-refractivity contribution is -0.192. The number of hydrogen-bond donors (Lipinski definition) is 3. The highest BCUT2D eigenvalue weighted by Gasteiger charge is 2.38. The maximum Gasteiger partial charge on any atom is 0.490 e. The molecule has 0 saturated carbocycles. The minimum absolute atomic E-state index is 0.264. The molecular formula is C21H24F3N3O6S. The number of piperidine rings is 1. The zero-order chi connectivity index (χ0) is 25.1. The van der Waals surface area contributed by atoms with E-state index in [0.29, 0.717) is 29.8 Å². The van der Waals surface area contributed by atoms with Gasteiger partial charge < -0.3 is 19.9 Å². The number of halogens is 3. The van der Waals surface area contributed by atoms with Gasteiger partial charge in [-0.05, 0) is 50.9 Å². The Labute approximate surface area is 197 Å².